The fourth-order valence-electron chi connectivity index (χ4n) is 2.51. The normalized spacial score (nSPS) is 18.8. The molecule has 0 aliphatic carbocycles. The molecule has 1 unspecified atom stereocenters. The summed E-state index contributed by atoms with van der Waals surface area (Å²) in [4.78, 5) is 6.81. The van der Waals surface area contributed by atoms with Crippen molar-refractivity contribution in [2.75, 3.05) is 31.1 Å². The zero-order valence-electron chi connectivity index (χ0n) is 12.5. The van der Waals surface area contributed by atoms with Crippen LogP contribution < -0.4 is 15.0 Å². The number of nitrogens with zero attached hydrogens (tertiary/aromatic N) is 3. The highest BCUT2D eigenvalue weighted by atomic mass is 16.5. The average molecular weight is 287 g/mol. The molecular weight excluding hydrogens is 266 g/mol. The molecule has 2 heterocycles. The molecule has 6 heteroatoms. The van der Waals surface area contributed by atoms with E-state index >= 15 is 0 Å². The van der Waals surface area contributed by atoms with Crippen LogP contribution in [0.4, 0.5) is 5.95 Å². The van der Waals surface area contributed by atoms with Crippen LogP contribution in [0.15, 0.2) is 24.3 Å². The molecule has 0 amide bonds. The smallest absolute Gasteiger partial charge is 0.245 e. The molecule has 2 N–H and O–H groups in total. The van der Waals surface area contributed by atoms with Crippen molar-refractivity contribution in [3.05, 3.63) is 24.3 Å². The van der Waals surface area contributed by atoms with E-state index in [-0.39, 0.29) is 0 Å². The van der Waals surface area contributed by atoms with Crippen molar-refractivity contribution in [3.8, 4) is 17.1 Å². The Morgan fingerprint density at radius 3 is 2.86 bits per heavy atom. The quantitative estimate of drug-likeness (QED) is 0.895. The van der Waals surface area contributed by atoms with Crippen LogP contribution in [-0.4, -0.2) is 47.5 Å². The SMILES string of the molecule is CCOc1ccc(-c2nc(N3CCNC(C)C3)n[nH]2)cc1. The molecular formula is C15H21N5O. The second-order valence-electron chi connectivity index (χ2n) is 5.24. The van der Waals surface area contributed by atoms with E-state index in [4.69, 9.17) is 4.74 Å². The Hall–Kier alpha value is -2.08. The Morgan fingerprint density at radius 2 is 2.14 bits per heavy atom. The van der Waals surface area contributed by atoms with Gasteiger partial charge in [0.25, 0.3) is 0 Å². The molecule has 0 bridgehead atoms. The van der Waals surface area contributed by atoms with Gasteiger partial charge in [-0.25, -0.2) is 0 Å². The Kier molecular flexibility index (Phi) is 4.06. The van der Waals surface area contributed by atoms with E-state index in [0.717, 1.165) is 42.7 Å². The second-order valence-corrected chi connectivity index (χ2v) is 5.24. The van der Waals surface area contributed by atoms with Gasteiger partial charge >= 0.3 is 0 Å². The summed E-state index contributed by atoms with van der Waals surface area (Å²) in [5.74, 6) is 2.43. The average Bonchev–Trinajstić information content (AvgIpc) is 2.98. The first-order valence-corrected chi connectivity index (χ1v) is 7.40. The number of benzene rings is 1. The van der Waals surface area contributed by atoms with Crippen LogP contribution >= 0.6 is 0 Å². The number of rotatable bonds is 4. The van der Waals surface area contributed by atoms with Crippen molar-refractivity contribution in [2.24, 2.45) is 0 Å². The van der Waals surface area contributed by atoms with Crippen molar-refractivity contribution in [3.63, 3.8) is 0 Å². The number of H-pyrrole nitrogens is 1. The lowest BCUT2D eigenvalue weighted by molar-refractivity contribution is 0.340. The first kappa shape index (κ1) is 13.9. The number of piperazine rings is 1. The van der Waals surface area contributed by atoms with Crippen molar-refractivity contribution < 1.29 is 4.74 Å². The van der Waals surface area contributed by atoms with Gasteiger partial charge in [-0.3, -0.25) is 5.10 Å². The molecule has 0 spiro atoms. The van der Waals surface area contributed by atoms with Crippen LogP contribution in [0.5, 0.6) is 5.75 Å². The summed E-state index contributed by atoms with van der Waals surface area (Å²) in [6, 6.07) is 8.36. The number of ether oxygens (including phenoxy) is 1. The third-order valence-electron chi connectivity index (χ3n) is 3.56. The van der Waals surface area contributed by atoms with Gasteiger partial charge in [-0.1, -0.05) is 0 Å². The maximum absolute atomic E-state index is 5.45. The molecule has 1 fully saturated rings. The van der Waals surface area contributed by atoms with E-state index in [1.54, 1.807) is 0 Å². The topological polar surface area (TPSA) is 66.1 Å². The third-order valence-corrected chi connectivity index (χ3v) is 3.56. The number of hydrogen-bond acceptors (Lipinski definition) is 5. The minimum atomic E-state index is 0.464. The van der Waals surface area contributed by atoms with Crippen LogP contribution in [0.1, 0.15) is 13.8 Å². The van der Waals surface area contributed by atoms with Crippen LogP contribution in [-0.2, 0) is 0 Å². The van der Waals surface area contributed by atoms with Gasteiger partial charge in [0.05, 0.1) is 6.61 Å². The molecule has 1 aliphatic heterocycles. The molecule has 6 nitrogen and oxygen atoms in total. The monoisotopic (exact) mass is 287 g/mol. The predicted molar refractivity (Wildman–Crippen MR) is 82.7 cm³/mol. The Morgan fingerprint density at radius 1 is 1.33 bits per heavy atom. The van der Waals surface area contributed by atoms with Gasteiger partial charge in [0.1, 0.15) is 5.75 Å². The van der Waals surface area contributed by atoms with E-state index in [9.17, 15) is 0 Å². The van der Waals surface area contributed by atoms with Gasteiger partial charge in [-0.2, -0.15) is 4.98 Å². The van der Waals surface area contributed by atoms with Gasteiger partial charge in [0.15, 0.2) is 5.82 Å². The summed E-state index contributed by atoms with van der Waals surface area (Å²) in [5.41, 5.74) is 1.01. The van der Waals surface area contributed by atoms with Gasteiger partial charge in [0, 0.05) is 31.2 Å². The minimum absolute atomic E-state index is 0.464. The highest BCUT2D eigenvalue weighted by molar-refractivity contribution is 5.57. The second kappa shape index (κ2) is 6.13. The summed E-state index contributed by atoms with van der Waals surface area (Å²) >= 11 is 0. The predicted octanol–water partition coefficient (Wildman–Crippen LogP) is 1.67. The molecule has 1 aromatic carbocycles. The van der Waals surface area contributed by atoms with Gasteiger partial charge in [-0.15, -0.1) is 5.10 Å². The fraction of sp³-hybridized carbons (Fsp3) is 0.467. The number of anilines is 1. The van der Waals surface area contributed by atoms with E-state index in [1.807, 2.05) is 31.2 Å². The number of aromatic nitrogens is 3. The maximum atomic E-state index is 5.45. The lowest BCUT2D eigenvalue weighted by atomic mass is 10.2. The number of aromatic amines is 1. The van der Waals surface area contributed by atoms with E-state index < -0.39 is 0 Å². The molecule has 1 aromatic heterocycles. The molecule has 1 atom stereocenters. The van der Waals surface area contributed by atoms with Crippen molar-refractivity contribution >= 4 is 5.95 Å². The molecule has 1 saturated heterocycles. The third kappa shape index (κ3) is 3.16. The van der Waals surface area contributed by atoms with Crippen LogP contribution in [0.2, 0.25) is 0 Å². The Bertz CT molecular complexity index is 580. The standard InChI is InChI=1S/C15H21N5O/c1-3-21-13-6-4-12(5-7-13)14-17-15(19-18-14)20-9-8-16-11(2)10-20/h4-7,11,16H,3,8-10H2,1-2H3,(H,17,18,19). The van der Waals surface area contributed by atoms with Gasteiger partial charge < -0.3 is 15.0 Å². The lowest BCUT2D eigenvalue weighted by Crippen LogP contribution is -2.49. The molecule has 0 radical (unpaired) electrons. The highest BCUT2D eigenvalue weighted by Gasteiger charge is 2.19. The molecule has 1 aliphatic rings. The van der Waals surface area contributed by atoms with E-state index in [1.165, 1.54) is 0 Å². The van der Waals surface area contributed by atoms with Crippen molar-refractivity contribution in [2.45, 2.75) is 19.9 Å². The van der Waals surface area contributed by atoms with Gasteiger partial charge in [0.2, 0.25) is 5.95 Å². The van der Waals surface area contributed by atoms with Crippen molar-refractivity contribution in [1.82, 2.24) is 20.5 Å². The first-order chi connectivity index (χ1) is 10.3. The summed E-state index contributed by atoms with van der Waals surface area (Å²) in [7, 11) is 0. The molecule has 3 rings (SSSR count). The van der Waals surface area contributed by atoms with Gasteiger partial charge in [-0.05, 0) is 38.1 Å². The summed E-state index contributed by atoms with van der Waals surface area (Å²) < 4.78 is 5.45. The minimum Gasteiger partial charge on any atom is -0.494 e. The zero-order chi connectivity index (χ0) is 14.7. The van der Waals surface area contributed by atoms with Crippen LogP contribution in [0.3, 0.4) is 0 Å². The molecule has 112 valence electrons. The first-order valence-electron chi connectivity index (χ1n) is 7.40. The zero-order valence-corrected chi connectivity index (χ0v) is 12.5. The van der Waals surface area contributed by atoms with Crippen molar-refractivity contribution in [1.29, 1.82) is 0 Å². The van der Waals surface area contributed by atoms with Crippen LogP contribution in [0, 0.1) is 0 Å². The Balaban J connectivity index is 1.74. The molecule has 2 aromatic rings. The maximum Gasteiger partial charge on any atom is 0.245 e. The highest BCUT2D eigenvalue weighted by Crippen LogP contribution is 2.21. The Labute approximate surface area is 124 Å². The molecule has 0 saturated carbocycles. The van der Waals surface area contributed by atoms with E-state index in [0.29, 0.717) is 12.6 Å². The summed E-state index contributed by atoms with van der Waals surface area (Å²) in [6.45, 7) is 7.66. The summed E-state index contributed by atoms with van der Waals surface area (Å²) in [5, 5.41) is 10.8. The molecule has 21 heavy (non-hydrogen) atoms. The van der Waals surface area contributed by atoms with Crippen LogP contribution in [0.25, 0.3) is 11.4 Å². The number of nitrogens with one attached hydrogen (secondary N) is 2. The van der Waals surface area contributed by atoms with E-state index in [2.05, 4.69) is 32.3 Å². The largest absolute Gasteiger partial charge is 0.494 e. The fourth-order valence-corrected chi connectivity index (χ4v) is 2.51. The number of hydrogen-bond donors (Lipinski definition) is 2. The lowest BCUT2D eigenvalue weighted by Gasteiger charge is -2.30. The summed E-state index contributed by atoms with van der Waals surface area (Å²) in [6.07, 6.45) is 0.